The Balaban J connectivity index is 3.85. The molecule has 0 heterocycles. The molecule has 0 fully saturated rings. The highest BCUT2D eigenvalue weighted by molar-refractivity contribution is 5.78. The van der Waals surface area contributed by atoms with E-state index in [-0.39, 0.29) is 18.9 Å². The van der Waals surface area contributed by atoms with E-state index in [1.54, 1.807) is 6.92 Å². The van der Waals surface area contributed by atoms with Gasteiger partial charge in [0.15, 0.2) is 0 Å². The molecule has 1 atom stereocenters. The lowest BCUT2D eigenvalue weighted by molar-refractivity contribution is -0.308. The molecule has 0 bridgehead atoms. The van der Waals surface area contributed by atoms with Crippen molar-refractivity contribution in [2.24, 2.45) is 5.92 Å². The van der Waals surface area contributed by atoms with Gasteiger partial charge in [0.25, 0.3) is 0 Å². The van der Waals surface area contributed by atoms with E-state index in [0.717, 1.165) is 0 Å². The number of ether oxygens (including phenoxy) is 1. The Morgan fingerprint density at radius 3 is 2.36 bits per heavy atom. The van der Waals surface area contributed by atoms with Crippen LogP contribution in [-0.4, -0.2) is 24.7 Å². The molecule has 0 saturated carbocycles. The molecule has 0 rings (SSSR count). The number of hydrogen-bond acceptors (Lipinski definition) is 4. The van der Waals surface area contributed by atoms with Crippen LogP contribution in [-0.2, 0) is 9.53 Å². The number of alkyl carbamates (subject to hydrolysis) is 1. The van der Waals surface area contributed by atoms with Gasteiger partial charge in [-0.1, -0.05) is 20.8 Å². The molecule has 1 N–H and O–H groups in total. The van der Waals surface area contributed by atoms with Gasteiger partial charge >= 0.3 is 6.09 Å². The maximum Gasteiger partial charge on any atom is 0.407 e. The van der Waals surface area contributed by atoms with Crippen LogP contribution in [0.2, 0.25) is 0 Å². The summed E-state index contributed by atoms with van der Waals surface area (Å²) in [4.78, 5) is 21.4. The zero-order valence-corrected chi connectivity index (χ0v) is 8.70. The Morgan fingerprint density at radius 2 is 2.00 bits per heavy atom. The maximum atomic E-state index is 11.0. The first-order chi connectivity index (χ1) is 6.47. The van der Waals surface area contributed by atoms with E-state index in [2.05, 4.69) is 5.32 Å². The van der Waals surface area contributed by atoms with Gasteiger partial charge in [-0.15, -0.1) is 0 Å². The summed E-state index contributed by atoms with van der Waals surface area (Å²) in [5.74, 6) is -1.07. The van der Waals surface area contributed by atoms with E-state index in [4.69, 9.17) is 4.74 Å². The van der Waals surface area contributed by atoms with Crippen molar-refractivity contribution >= 4 is 12.1 Å². The lowest BCUT2D eigenvalue weighted by atomic mass is 10.2. The Bertz CT molecular complexity index is 203. The molecule has 0 aliphatic rings. The second-order valence-electron chi connectivity index (χ2n) is 3.42. The lowest BCUT2D eigenvalue weighted by Crippen LogP contribution is -2.47. The highest BCUT2D eigenvalue weighted by atomic mass is 16.5. The molecule has 0 radical (unpaired) electrons. The average Bonchev–Trinajstić information content (AvgIpc) is 2.10. The minimum absolute atomic E-state index is 0.226. The van der Waals surface area contributed by atoms with Gasteiger partial charge in [-0.2, -0.15) is 0 Å². The summed E-state index contributed by atoms with van der Waals surface area (Å²) >= 11 is 0. The maximum absolute atomic E-state index is 11.0. The van der Waals surface area contributed by atoms with Crippen molar-refractivity contribution in [3.63, 3.8) is 0 Å². The largest absolute Gasteiger partial charge is 0.548 e. The van der Waals surface area contributed by atoms with Crippen LogP contribution in [0.3, 0.4) is 0 Å². The molecule has 0 aromatic rings. The Labute approximate surface area is 83.4 Å². The number of aliphatic carboxylic acids is 1. The third-order valence-corrected chi connectivity index (χ3v) is 1.53. The summed E-state index contributed by atoms with van der Waals surface area (Å²) in [5.41, 5.74) is 0. The quantitative estimate of drug-likeness (QED) is 0.675. The van der Waals surface area contributed by atoms with Crippen LogP contribution in [0.5, 0.6) is 0 Å². The molecule has 0 aromatic carbocycles. The fourth-order valence-corrected chi connectivity index (χ4v) is 0.754. The Kier molecular flexibility index (Phi) is 5.67. The van der Waals surface area contributed by atoms with E-state index in [1.165, 1.54) is 0 Å². The Morgan fingerprint density at radius 1 is 1.43 bits per heavy atom. The number of amides is 1. The van der Waals surface area contributed by atoms with Crippen molar-refractivity contribution in [2.45, 2.75) is 33.2 Å². The highest BCUT2D eigenvalue weighted by Gasteiger charge is 2.11. The van der Waals surface area contributed by atoms with Crippen LogP contribution in [0, 0.1) is 5.92 Å². The van der Waals surface area contributed by atoms with Crippen LogP contribution in [0.15, 0.2) is 0 Å². The molecule has 5 nitrogen and oxygen atoms in total. The molecular formula is C9H16NO4-. The molecule has 5 heteroatoms. The molecule has 0 saturated heterocycles. The summed E-state index contributed by atoms with van der Waals surface area (Å²) in [6, 6.07) is -0.977. The van der Waals surface area contributed by atoms with Crippen LogP contribution in [0.4, 0.5) is 4.79 Å². The molecule has 1 unspecified atom stereocenters. The number of nitrogens with one attached hydrogen (secondary N) is 1. The van der Waals surface area contributed by atoms with Gasteiger partial charge in [0.05, 0.1) is 18.6 Å². The van der Waals surface area contributed by atoms with Crippen molar-refractivity contribution in [2.75, 3.05) is 6.61 Å². The Hall–Kier alpha value is -1.26. The smallest absolute Gasteiger partial charge is 0.407 e. The number of hydrogen-bond donors (Lipinski definition) is 1. The fourth-order valence-electron chi connectivity index (χ4n) is 0.754. The monoisotopic (exact) mass is 202 g/mol. The third-order valence-electron chi connectivity index (χ3n) is 1.53. The van der Waals surface area contributed by atoms with E-state index >= 15 is 0 Å². The second-order valence-corrected chi connectivity index (χ2v) is 3.42. The molecule has 0 aromatic heterocycles. The van der Waals surface area contributed by atoms with Crippen LogP contribution < -0.4 is 10.4 Å². The first kappa shape index (κ1) is 12.7. The van der Waals surface area contributed by atoms with Crippen molar-refractivity contribution in [1.82, 2.24) is 5.32 Å². The first-order valence-electron chi connectivity index (χ1n) is 4.61. The zero-order valence-electron chi connectivity index (χ0n) is 8.70. The van der Waals surface area contributed by atoms with E-state index in [0.29, 0.717) is 0 Å². The zero-order chi connectivity index (χ0) is 11.1. The van der Waals surface area contributed by atoms with Crippen molar-refractivity contribution in [1.29, 1.82) is 0 Å². The minimum Gasteiger partial charge on any atom is -0.548 e. The lowest BCUT2D eigenvalue weighted by Gasteiger charge is -2.17. The number of carboxylic acids is 1. The number of carbonyl (C=O) groups excluding carboxylic acids is 2. The SMILES string of the molecule is CCC(NC(=O)OCC(C)C)C(=O)[O-]. The van der Waals surface area contributed by atoms with Gasteiger partial charge in [-0.25, -0.2) is 4.79 Å². The van der Waals surface area contributed by atoms with E-state index in [1.807, 2.05) is 13.8 Å². The van der Waals surface area contributed by atoms with Crippen LogP contribution >= 0.6 is 0 Å². The van der Waals surface area contributed by atoms with Gasteiger partial charge in [0.1, 0.15) is 0 Å². The molecule has 1 amide bonds. The number of carbonyl (C=O) groups is 2. The number of rotatable bonds is 5. The summed E-state index contributed by atoms with van der Waals surface area (Å²) in [7, 11) is 0. The van der Waals surface area contributed by atoms with Gasteiger partial charge in [0, 0.05) is 0 Å². The molecule has 0 aliphatic heterocycles. The van der Waals surface area contributed by atoms with Crippen LogP contribution in [0.25, 0.3) is 0 Å². The van der Waals surface area contributed by atoms with Gasteiger partial charge in [-0.05, 0) is 12.3 Å². The standard InChI is InChI=1S/C9H17NO4/c1-4-7(8(11)12)10-9(13)14-5-6(2)3/h6-7H,4-5H2,1-3H3,(H,10,13)(H,11,12)/p-1. The predicted octanol–water partition coefficient (Wildman–Crippen LogP) is -0.103. The highest BCUT2D eigenvalue weighted by Crippen LogP contribution is 1.94. The number of carboxylic acid groups (broad SMARTS) is 1. The van der Waals surface area contributed by atoms with Crippen molar-refractivity contribution < 1.29 is 19.4 Å². The van der Waals surface area contributed by atoms with Crippen molar-refractivity contribution in [3.05, 3.63) is 0 Å². The second kappa shape index (κ2) is 6.23. The van der Waals surface area contributed by atoms with Gasteiger partial charge in [-0.3, -0.25) is 0 Å². The normalized spacial score (nSPS) is 12.3. The average molecular weight is 202 g/mol. The summed E-state index contributed by atoms with van der Waals surface area (Å²) in [6.07, 6.45) is -0.436. The van der Waals surface area contributed by atoms with Crippen LogP contribution in [0.1, 0.15) is 27.2 Å². The van der Waals surface area contributed by atoms with E-state index < -0.39 is 18.1 Å². The molecule has 0 aliphatic carbocycles. The van der Waals surface area contributed by atoms with E-state index in [9.17, 15) is 14.7 Å². The molecule has 14 heavy (non-hydrogen) atoms. The fraction of sp³-hybridized carbons (Fsp3) is 0.778. The van der Waals surface area contributed by atoms with Gasteiger partial charge in [0.2, 0.25) is 0 Å². The summed E-state index contributed by atoms with van der Waals surface area (Å²) in [5, 5.41) is 12.6. The summed E-state index contributed by atoms with van der Waals surface area (Å²) < 4.78 is 4.74. The molecule has 0 spiro atoms. The van der Waals surface area contributed by atoms with Crippen molar-refractivity contribution in [3.8, 4) is 0 Å². The summed E-state index contributed by atoms with van der Waals surface area (Å²) in [6.45, 7) is 5.70. The molecule has 82 valence electrons. The topological polar surface area (TPSA) is 78.5 Å². The minimum atomic E-state index is -1.30. The third kappa shape index (κ3) is 5.40. The first-order valence-corrected chi connectivity index (χ1v) is 4.61. The predicted molar refractivity (Wildman–Crippen MR) is 48.4 cm³/mol. The molecular weight excluding hydrogens is 186 g/mol. The van der Waals surface area contributed by atoms with Gasteiger partial charge < -0.3 is 20.0 Å².